The zero-order valence-electron chi connectivity index (χ0n) is 10.6. The number of benzene rings is 2. The maximum absolute atomic E-state index is 13.2. The highest BCUT2D eigenvalue weighted by Gasteiger charge is 2.16. The molecule has 0 bridgehead atoms. The molecule has 0 aliphatic rings. The number of nitrogens with zero attached hydrogens (tertiary/aromatic N) is 2. The SMILES string of the molecule is N#Cc1cc(NCc2c(Cl)cccc2[N+](=O)[O-])ccc1F. The van der Waals surface area contributed by atoms with E-state index >= 15 is 0 Å². The van der Waals surface area contributed by atoms with Crippen molar-refractivity contribution in [2.45, 2.75) is 6.54 Å². The summed E-state index contributed by atoms with van der Waals surface area (Å²) in [6.07, 6.45) is 0. The van der Waals surface area contributed by atoms with E-state index in [2.05, 4.69) is 5.32 Å². The maximum Gasteiger partial charge on any atom is 0.275 e. The standard InChI is InChI=1S/C14H9ClFN3O2/c15-12-2-1-3-14(19(20)21)11(12)8-18-10-4-5-13(16)9(6-10)7-17/h1-6,18H,8H2. The van der Waals surface area contributed by atoms with Crippen molar-refractivity contribution in [1.82, 2.24) is 0 Å². The monoisotopic (exact) mass is 305 g/mol. The lowest BCUT2D eigenvalue weighted by atomic mass is 10.1. The van der Waals surface area contributed by atoms with E-state index < -0.39 is 10.7 Å². The topological polar surface area (TPSA) is 79.0 Å². The Hall–Kier alpha value is -2.65. The van der Waals surface area contributed by atoms with Gasteiger partial charge in [-0.1, -0.05) is 17.7 Å². The Balaban J connectivity index is 2.25. The fourth-order valence-electron chi connectivity index (χ4n) is 1.80. The normalized spacial score (nSPS) is 9.95. The van der Waals surface area contributed by atoms with Gasteiger partial charge in [-0.15, -0.1) is 0 Å². The summed E-state index contributed by atoms with van der Waals surface area (Å²) in [6, 6.07) is 10.1. The Bertz CT molecular complexity index is 743. The third kappa shape index (κ3) is 3.27. The Morgan fingerprint density at radius 2 is 2.14 bits per heavy atom. The predicted octanol–water partition coefficient (Wildman–Crippen LogP) is 3.87. The molecule has 0 amide bonds. The number of rotatable bonds is 4. The molecule has 0 heterocycles. The van der Waals surface area contributed by atoms with Gasteiger partial charge in [0.1, 0.15) is 11.9 Å². The summed E-state index contributed by atoms with van der Waals surface area (Å²) in [7, 11) is 0. The third-order valence-corrected chi connectivity index (χ3v) is 3.20. The molecule has 0 saturated heterocycles. The van der Waals surface area contributed by atoms with Gasteiger partial charge in [0.05, 0.1) is 21.1 Å². The minimum Gasteiger partial charge on any atom is -0.381 e. The van der Waals surface area contributed by atoms with Crippen LogP contribution in [0.15, 0.2) is 36.4 Å². The molecule has 0 aliphatic heterocycles. The average Bonchev–Trinajstić information content (AvgIpc) is 2.47. The molecule has 0 saturated carbocycles. The molecule has 0 radical (unpaired) electrons. The van der Waals surface area contributed by atoms with Gasteiger partial charge in [-0.05, 0) is 24.3 Å². The third-order valence-electron chi connectivity index (χ3n) is 2.85. The molecule has 2 aromatic rings. The largest absolute Gasteiger partial charge is 0.381 e. The van der Waals surface area contributed by atoms with Crippen LogP contribution in [0, 0.1) is 27.3 Å². The summed E-state index contributed by atoms with van der Waals surface area (Å²) in [5.41, 5.74) is 0.598. The van der Waals surface area contributed by atoms with E-state index in [1.807, 2.05) is 0 Å². The minimum atomic E-state index is -0.619. The summed E-state index contributed by atoms with van der Waals surface area (Å²) in [5, 5.41) is 22.9. The fourth-order valence-corrected chi connectivity index (χ4v) is 2.04. The first-order valence-electron chi connectivity index (χ1n) is 5.88. The van der Waals surface area contributed by atoms with Crippen molar-refractivity contribution < 1.29 is 9.31 Å². The molecule has 106 valence electrons. The van der Waals surface area contributed by atoms with Crippen LogP contribution in [0.25, 0.3) is 0 Å². The van der Waals surface area contributed by atoms with Crippen molar-refractivity contribution in [3.63, 3.8) is 0 Å². The highest BCUT2D eigenvalue weighted by atomic mass is 35.5. The van der Waals surface area contributed by atoms with Crippen LogP contribution < -0.4 is 5.32 Å². The molecule has 0 aromatic heterocycles. The molecule has 21 heavy (non-hydrogen) atoms. The van der Waals surface area contributed by atoms with Crippen LogP contribution in [0.4, 0.5) is 15.8 Å². The molecule has 0 fully saturated rings. The molecule has 2 aromatic carbocycles. The second kappa shape index (κ2) is 6.20. The van der Waals surface area contributed by atoms with Crippen LogP contribution in [-0.4, -0.2) is 4.92 Å². The van der Waals surface area contributed by atoms with Crippen molar-refractivity contribution >= 4 is 23.0 Å². The van der Waals surface area contributed by atoms with Gasteiger partial charge < -0.3 is 5.32 Å². The predicted molar refractivity (Wildman–Crippen MR) is 76.5 cm³/mol. The van der Waals surface area contributed by atoms with Gasteiger partial charge in [-0.2, -0.15) is 5.26 Å². The number of nitro groups is 1. The van der Waals surface area contributed by atoms with Gasteiger partial charge in [0, 0.05) is 18.3 Å². The Morgan fingerprint density at radius 3 is 2.81 bits per heavy atom. The average molecular weight is 306 g/mol. The van der Waals surface area contributed by atoms with Crippen molar-refractivity contribution in [3.05, 3.63) is 68.5 Å². The van der Waals surface area contributed by atoms with Crippen molar-refractivity contribution in [2.24, 2.45) is 0 Å². The van der Waals surface area contributed by atoms with Crippen molar-refractivity contribution in [3.8, 4) is 6.07 Å². The summed E-state index contributed by atoms with van der Waals surface area (Å²) in [6.45, 7) is 0.0898. The lowest BCUT2D eigenvalue weighted by molar-refractivity contribution is -0.385. The number of hydrogen-bond donors (Lipinski definition) is 1. The quantitative estimate of drug-likeness (QED) is 0.687. The molecule has 0 aliphatic carbocycles. The van der Waals surface area contributed by atoms with E-state index in [4.69, 9.17) is 16.9 Å². The van der Waals surface area contributed by atoms with Gasteiger partial charge in [0.2, 0.25) is 0 Å². The second-order valence-electron chi connectivity index (χ2n) is 4.15. The van der Waals surface area contributed by atoms with Gasteiger partial charge in [0.25, 0.3) is 5.69 Å². The number of nitriles is 1. The second-order valence-corrected chi connectivity index (χ2v) is 4.56. The molecule has 7 heteroatoms. The Morgan fingerprint density at radius 1 is 1.38 bits per heavy atom. The van der Waals surface area contributed by atoms with Crippen molar-refractivity contribution in [2.75, 3.05) is 5.32 Å². The molecule has 2 rings (SSSR count). The lowest BCUT2D eigenvalue weighted by Gasteiger charge is -2.09. The highest BCUT2D eigenvalue weighted by Crippen LogP contribution is 2.27. The molecule has 0 spiro atoms. The van der Waals surface area contributed by atoms with E-state index in [0.29, 0.717) is 11.3 Å². The first-order valence-corrected chi connectivity index (χ1v) is 6.26. The maximum atomic E-state index is 13.2. The van der Waals surface area contributed by atoms with E-state index in [1.165, 1.54) is 24.3 Å². The van der Waals surface area contributed by atoms with E-state index in [0.717, 1.165) is 6.07 Å². The Kier molecular flexibility index (Phi) is 4.36. The van der Waals surface area contributed by atoms with E-state index in [1.54, 1.807) is 12.1 Å². The van der Waals surface area contributed by atoms with Crippen LogP contribution in [0.2, 0.25) is 5.02 Å². The highest BCUT2D eigenvalue weighted by molar-refractivity contribution is 6.31. The van der Waals surface area contributed by atoms with Gasteiger partial charge >= 0.3 is 0 Å². The van der Waals surface area contributed by atoms with Gasteiger partial charge in [0.15, 0.2) is 0 Å². The van der Waals surface area contributed by atoms with Crippen LogP contribution in [0.1, 0.15) is 11.1 Å². The molecular formula is C14H9ClFN3O2. The number of anilines is 1. The van der Waals surface area contributed by atoms with Crippen LogP contribution in [-0.2, 0) is 6.54 Å². The molecule has 0 unspecified atom stereocenters. The first-order chi connectivity index (χ1) is 10.0. The smallest absolute Gasteiger partial charge is 0.275 e. The molecule has 1 N–H and O–H groups in total. The fraction of sp³-hybridized carbons (Fsp3) is 0.0714. The molecule has 5 nitrogen and oxygen atoms in total. The summed E-state index contributed by atoms with van der Waals surface area (Å²) >= 11 is 5.97. The minimum absolute atomic E-state index is 0.0898. The summed E-state index contributed by atoms with van der Waals surface area (Å²) in [5.74, 6) is -0.619. The van der Waals surface area contributed by atoms with E-state index in [-0.39, 0.29) is 22.8 Å². The Labute approximate surface area is 124 Å². The first kappa shape index (κ1) is 14.8. The number of halogens is 2. The number of nitro benzene ring substituents is 1. The number of nitrogens with one attached hydrogen (secondary N) is 1. The van der Waals surface area contributed by atoms with Gasteiger partial charge in [-0.3, -0.25) is 10.1 Å². The zero-order valence-corrected chi connectivity index (χ0v) is 11.4. The summed E-state index contributed by atoms with van der Waals surface area (Å²) < 4.78 is 13.2. The summed E-state index contributed by atoms with van der Waals surface area (Å²) in [4.78, 5) is 10.4. The zero-order chi connectivity index (χ0) is 15.4. The number of hydrogen-bond acceptors (Lipinski definition) is 4. The van der Waals surface area contributed by atoms with E-state index in [9.17, 15) is 14.5 Å². The molecular weight excluding hydrogens is 297 g/mol. The van der Waals surface area contributed by atoms with Gasteiger partial charge in [-0.25, -0.2) is 4.39 Å². The van der Waals surface area contributed by atoms with Crippen LogP contribution in [0.5, 0.6) is 0 Å². The molecule has 0 atom stereocenters. The lowest BCUT2D eigenvalue weighted by Crippen LogP contribution is -2.04. The van der Waals surface area contributed by atoms with Crippen LogP contribution in [0.3, 0.4) is 0 Å². The van der Waals surface area contributed by atoms with Crippen molar-refractivity contribution in [1.29, 1.82) is 5.26 Å². The van der Waals surface area contributed by atoms with Crippen LogP contribution >= 0.6 is 11.6 Å².